The minimum Gasteiger partial charge on any atom is -0.375 e. The van der Waals surface area contributed by atoms with Crippen molar-refractivity contribution in [1.82, 2.24) is 4.98 Å². The number of halogens is 1. The molecule has 4 heteroatoms. The number of thiazole rings is 1. The second-order valence-electron chi connectivity index (χ2n) is 2.98. The van der Waals surface area contributed by atoms with Crippen LogP contribution in [0.2, 0.25) is 0 Å². The van der Waals surface area contributed by atoms with E-state index in [0.29, 0.717) is 5.13 Å². The lowest BCUT2D eigenvalue weighted by Crippen LogP contribution is -1.81. The summed E-state index contributed by atoms with van der Waals surface area (Å²) >= 11 is 1.38. The first-order valence-electron chi connectivity index (χ1n) is 4.15. The maximum atomic E-state index is 12.9. The van der Waals surface area contributed by atoms with Gasteiger partial charge in [0.15, 0.2) is 5.13 Å². The lowest BCUT2D eigenvalue weighted by Gasteiger charge is -1.97. The summed E-state index contributed by atoms with van der Waals surface area (Å²) < 4.78 is 12.9. The summed E-state index contributed by atoms with van der Waals surface area (Å²) in [7, 11) is 0. The van der Waals surface area contributed by atoms with Gasteiger partial charge in [0.05, 0.1) is 10.6 Å². The summed E-state index contributed by atoms with van der Waals surface area (Å²) in [6.07, 6.45) is 0. The molecule has 0 aliphatic carbocycles. The van der Waals surface area contributed by atoms with Gasteiger partial charge in [-0.3, -0.25) is 0 Å². The van der Waals surface area contributed by atoms with Crippen molar-refractivity contribution in [2.24, 2.45) is 0 Å². The number of benzene rings is 1. The molecule has 0 aliphatic heterocycles. The van der Waals surface area contributed by atoms with E-state index in [1.165, 1.54) is 23.5 Å². The third-order valence-electron chi connectivity index (χ3n) is 1.90. The Morgan fingerprint density at radius 1 is 1.43 bits per heavy atom. The SMILES string of the molecule is Cc1nc(N)sc1-c1cccc(F)c1. The number of nitrogen functional groups attached to an aromatic ring is 1. The predicted molar refractivity (Wildman–Crippen MR) is 56.7 cm³/mol. The molecule has 2 N–H and O–H groups in total. The van der Waals surface area contributed by atoms with Crippen LogP contribution in [0.25, 0.3) is 10.4 Å². The number of anilines is 1. The van der Waals surface area contributed by atoms with Crippen molar-refractivity contribution in [3.05, 3.63) is 35.8 Å². The molecule has 14 heavy (non-hydrogen) atoms. The van der Waals surface area contributed by atoms with E-state index in [4.69, 9.17) is 5.73 Å². The maximum absolute atomic E-state index is 12.9. The molecule has 2 aromatic rings. The predicted octanol–water partition coefficient (Wildman–Crippen LogP) is 2.84. The normalized spacial score (nSPS) is 10.4. The van der Waals surface area contributed by atoms with E-state index in [1.807, 2.05) is 13.0 Å². The van der Waals surface area contributed by atoms with Gasteiger partial charge in [0, 0.05) is 0 Å². The van der Waals surface area contributed by atoms with Gasteiger partial charge in [-0.15, -0.1) is 0 Å². The Labute approximate surface area is 85.2 Å². The highest BCUT2D eigenvalue weighted by Crippen LogP contribution is 2.31. The fourth-order valence-electron chi connectivity index (χ4n) is 1.31. The molecule has 0 atom stereocenters. The van der Waals surface area contributed by atoms with Crippen molar-refractivity contribution < 1.29 is 4.39 Å². The molecule has 0 amide bonds. The standard InChI is InChI=1S/C10H9FN2S/c1-6-9(14-10(12)13-6)7-3-2-4-8(11)5-7/h2-5H,1H3,(H2,12,13). The van der Waals surface area contributed by atoms with E-state index in [-0.39, 0.29) is 5.82 Å². The van der Waals surface area contributed by atoms with Gasteiger partial charge in [0.25, 0.3) is 0 Å². The molecule has 0 aliphatic rings. The van der Waals surface area contributed by atoms with Gasteiger partial charge in [-0.2, -0.15) is 0 Å². The minimum absolute atomic E-state index is 0.242. The minimum atomic E-state index is -0.242. The van der Waals surface area contributed by atoms with E-state index < -0.39 is 0 Å². The van der Waals surface area contributed by atoms with Gasteiger partial charge < -0.3 is 5.73 Å². The number of rotatable bonds is 1. The Hall–Kier alpha value is -1.42. The number of hydrogen-bond acceptors (Lipinski definition) is 3. The zero-order valence-electron chi connectivity index (χ0n) is 7.62. The number of nitrogens with two attached hydrogens (primary N) is 1. The largest absolute Gasteiger partial charge is 0.375 e. The molecular formula is C10H9FN2S. The van der Waals surface area contributed by atoms with Crippen LogP contribution >= 0.6 is 11.3 Å². The van der Waals surface area contributed by atoms with E-state index >= 15 is 0 Å². The number of nitrogens with zero attached hydrogens (tertiary/aromatic N) is 1. The molecule has 0 unspecified atom stereocenters. The lowest BCUT2D eigenvalue weighted by atomic mass is 10.1. The highest BCUT2D eigenvalue weighted by molar-refractivity contribution is 7.18. The first-order valence-corrected chi connectivity index (χ1v) is 4.97. The average molecular weight is 208 g/mol. The van der Waals surface area contributed by atoms with Crippen molar-refractivity contribution in [2.45, 2.75) is 6.92 Å². The van der Waals surface area contributed by atoms with E-state index in [2.05, 4.69) is 4.98 Å². The number of hydrogen-bond donors (Lipinski definition) is 1. The molecule has 0 radical (unpaired) electrons. The molecule has 0 saturated heterocycles. The topological polar surface area (TPSA) is 38.9 Å². The van der Waals surface area contributed by atoms with Crippen LogP contribution in [0, 0.1) is 12.7 Å². The molecule has 1 aromatic carbocycles. The monoisotopic (exact) mass is 208 g/mol. The summed E-state index contributed by atoms with van der Waals surface area (Å²) in [4.78, 5) is 5.02. The van der Waals surface area contributed by atoms with Gasteiger partial charge in [-0.05, 0) is 24.6 Å². The molecule has 2 nitrogen and oxygen atoms in total. The molecule has 1 aromatic heterocycles. The van der Waals surface area contributed by atoms with Gasteiger partial charge >= 0.3 is 0 Å². The highest BCUT2D eigenvalue weighted by Gasteiger charge is 2.07. The summed E-state index contributed by atoms with van der Waals surface area (Å²) in [5, 5.41) is 0.516. The van der Waals surface area contributed by atoms with Crippen LogP contribution in [0.15, 0.2) is 24.3 Å². The molecule has 72 valence electrons. The molecule has 0 saturated carbocycles. The summed E-state index contributed by atoms with van der Waals surface area (Å²) in [5.41, 5.74) is 7.24. The van der Waals surface area contributed by atoms with Crippen LogP contribution < -0.4 is 5.73 Å². The van der Waals surface area contributed by atoms with Crippen LogP contribution in [0.4, 0.5) is 9.52 Å². The van der Waals surface area contributed by atoms with E-state index in [9.17, 15) is 4.39 Å². The number of aromatic nitrogens is 1. The molecular weight excluding hydrogens is 199 g/mol. The van der Waals surface area contributed by atoms with E-state index in [0.717, 1.165) is 16.1 Å². The second kappa shape index (κ2) is 3.38. The Balaban J connectivity index is 2.54. The zero-order chi connectivity index (χ0) is 10.1. The van der Waals surface area contributed by atoms with Crippen molar-refractivity contribution in [3.8, 4) is 10.4 Å². The van der Waals surface area contributed by atoms with Gasteiger partial charge in [-0.1, -0.05) is 23.5 Å². The number of aryl methyl sites for hydroxylation is 1. The maximum Gasteiger partial charge on any atom is 0.180 e. The third-order valence-corrected chi connectivity index (χ3v) is 2.94. The first kappa shape index (κ1) is 9.15. The van der Waals surface area contributed by atoms with Crippen molar-refractivity contribution in [1.29, 1.82) is 0 Å². The van der Waals surface area contributed by atoms with Crippen LogP contribution in [-0.4, -0.2) is 4.98 Å². The fourth-order valence-corrected chi connectivity index (χ4v) is 2.14. The summed E-state index contributed by atoms with van der Waals surface area (Å²) in [6.45, 7) is 1.87. The van der Waals surface area contributed by atoms with Gasteiger partial charge in [0.1, 0.15) is 5.82 Å². The van der Waals surface area contributed by atoms with Crippen LogP contribution in [0.5, 0.6) is 0 Å². The summed E-state index contributed by atoms with van der Waals surface area (Å²) in [6, 6.07) is 6.44. The third kappa shape index (κ3) is 1.61. The quantitative estimate of drug-likeness (QED) is 0.782. The van der Waals surface area contributed by atoms with Crippen molar-refractivity contribution in [2.75, 3.05) is 5.73 Å². The van der Waals surface area contributed by atoms with Crippen LogP contribution in [0.3, 0.4) is 0 Å². The smallest absolute Gasteiger partial charge is 0.180 e. The summed E-state index contributed by atoms with van der Waals surface area (Å²) in [5.74, 6) is -0.242. The first-order chi connectivity index (χ1) is 6.66. The Bertz CT molecular complexity index is 465. The van der Waals surface area contributed by atoms with Gasteiger partial charge in [-0.25, -0.2) is 9.37 Å². The Kier molecular flexibility index (Phi) is 2.21. The highest BCUT2D eigenvalue weighted by atomic mass is 32.1. The lowest BCUT2D eigenvalue weighted by molar-refractivity contribution is 0.628. The van der Waals surface area contributed by atoms with E-state index in [1.54, 1.807) is 6.07 Å². The van der Waals surface area contributed by atoms with Crippen LogP contribution in [0.1, 0.15) is 5.69 Å². The molecule has 0 fully saturated rings. The molecule has 0 bridgehead atoms. The fraction of sp³-hybridized carbons (Fsp3) is 0.100. The van der Waals surface area contributed by atoms with Crippen LogP contribution in [-0.2, 0) is 0 Å². The average Bonchev–Trinajstić information content (AvgIpc) is 2.45. The Morgan fingerprint density at radius 3 is 2.79 bits per heavy atom. The van der Waals surface area contributed by atoms with Gasteiger partial charge in [0.2, 0.25) is 0 Å². The van der Waals surface area contributed by atoms with Crippen molar-refractivity contribution >= 4 is 16.5 Å². The molecule has 2 rings (SSSR count). The zero-order valence-corrected chi connectivity index (χ0v) is 8.44. The second-order valence-corrected chi connectivity index (χ2v) is 4.01. The Morgan fingerprint density at radius 2 is 2.21 bits per heavy atom. The van der Waals surface area contributed by atoms with Crippen molar-refractivity contribution in [3.63, 3.8) is 0 Å². The molecule has 1 heterocycles. The molecule has 0 spiro atoms.